The van der Waals surface area contributed by atoms with Gasteiger partial charge in [-0.05, 0) is 32.3 Å². The lowest BCUT2D eigenvalue weighted by Crippen LogP contribution is -2.54. The molecule has 0 unspecified atom stereocenters. The molecule has 0 saturated heterocycles. The number of halogens is 1. The summed E-state index contributed by atoms with van der Waals surface area (Å²) >= 11 is 3.45. The molecule has 1 heterocycles. The van der Waals surface area contributed by atoms with E-state index in [4.69, 9.17) is 4.42 Å². The molecule has 1 aliphatic rings. The van der Waals surface area contributed by atoms with Crippen LogP contribution in [0, 0.1) is 6.92 Å². The Labute approximate surface area is 97.4 Å². The number of rotatable bonds is 3. The monoisotopic (exact) mass is 271 g/mol. The number of carbonyl (C=O) groups is 1. The van der Waals surface area contributed by atoms with E-state index in [0.29, 0.717) is 5.76 Å². The zero-order valence-electron chi connectivity index (χ0n) is 8.68. The summed E-state index contributed by atoms with van der Waals surface area (Å²) in [4.78, 5) is 11.9. The van der Waals surface area contributed by atoms with E-state index in [1.54, 1.807) is 12.3 Å². The molecular formula is C11H14BrNO2. The summed E-state index contributed by atoms with van der Waals surface area (Å²) < 4.78 is 5.16. The van der Waals surface area contributed by atoms with Crippen LogP contribution in [-0.2, 0) is 0 Å². The SMILES string of the molecule is Cc1ccoc1C(=O)NC1(CBr)CCC1. The summed E-state index contributed by atoms with van der Waals surface area (Å²) in [6, 6.07) is 1.80. The molecule has 4 heteroatoms. The van der Waals surface area contributed by atoms with E-state index in [1.807, 2.05) is 6.92 Å². The van der Waals surface area contributed by atoms with Gasteiger partial charge in [-0.2, -0.15) is 0 Å². The van der Waals surface area contributed by atoms with Crippen molar-refractivity contribution in [2.24, 2.45) is 0 Å². The molecule has 0 atom stereocenters. The Morgan fingerprint density at radius 3 is 2.80 bits per heavy atom. The number of hydrogen-bond acceptors (Lipinski definition) is 2. The topological polar surface area (TPSA) is 42.2 Å². The fraction of sp³-hybridized carbons (Fsp3) is 0.545. The van der Waals surface area contributed by atoms with Crippen molar-refractivity contribution in [2.45, 2.75) is 31.7 Å². The maximum Gasteiger partial charge on any atom is 0.287 e. The molecule has 0 spiro atoms. The van der Waals surface area contributed by atoms with Crippen LogP contribution >= 0.6 is 15.9 Å². The lowest BCUT2D eigenvalue weighted by Gasteiger charge is -2.40. The van der Waals surface area contributed by atoms with Gasteiger partial charge >= 0.3 is 0 Å². The number of carbonyl (C=O) groups excluding carboxylic acids is 1. The summed E-state index contributed by atoms with van der Waals surface area (Å²) in [7, 11) is 0. The van der Waals surface area contributed by atoms with Crippen molar-refractivity contribution in [2.75, 3.05) is 5.33 Å². The second kappa shape index (κ2) is 4.00. The lowest BCUT2D eigenvalue weighted by molar-refractivity contribution is 0.0827. The zero-order valence-corrected chi connectivity index (χ0v) is 10.3. The van der Waals surface area contributed by atoms with Gasteiger partial charge in [0.05, 0.1) is 11.8 Å². The first-order valence-corrected chi connectivity index (χ1v) is 6.22. The van der Waals surface area contributed by atoms with E-state index >= 15 is 0 Å². The predicted octanol–water partition coefficient (Wildman–Crippen LogP) is 2.64. The van der Waals surface area contributed by atoms with Crippen LogP contribution in [0.25, 0.3) is 0 Å². The highest BCUT2D eigenvalue weighted by Gasteiger charge is 2.38. The minimum atomic E-state index is -0.100. The van der Waals surface area contributed by atoms with E-state index < -0.39 is 0 Å². The maximum atomic E-state index is 11.9. The lowest BCUT2D eigenvalue weighted by atomic mass is 9.78. The largest absolute Gasteiger partial charge is 0.459 e. The van der Waals surface area contributed by atoms with Crippen LogP contribution in [0.2, 0.25) is 0 Å². The van der Waals surface area contributed by atoms with E-state index in [-0.39, 0.29) is 11.4 Å². The first-order chi connectivity index (χ1) is 7.17. The second-order valence-corrected chi connectivity index (χ2v) is 4.72. The van der Waals surface area contributed by atoms with Crippen LogP contribution in [0.5, 0.6) is 0 Å². The third-order valence-corrected chi connectivity index (χ3v) is 4.09. The van der Waals surface area contributed by atoms with Crippen molar-refractivity contribution in [3.05, 3.63) is 23.7 Å². The molecule has 1 saturated carbocycles. The number of amides is 1. The average molecular weight is 272 g/mol. The zero-order chi connectivity index (χ0) is 10.9. The Morgan fingerprint density at radius 1 is 1.67 bits per heavy atom. The fourth-order valence-corrected chi connectivity index (χ4v) is 2.50. The Balaban J connectivity index is 2.07. The van der Waals surface area contributed by atoms with Gasteiger partial charge in [0, 0.05) is 10.9 Å². The third kappa shape index (κ3) is 1.95. The quantitative estimate of drug-likeness (QED) is 0.859. The predicted molar refractivity (Wildman–Crippen MR) is 61.3 cm³/mol. The highest BCUT2D eigenvalue weighted by atomic mass is 79.9. The van der Waals surface area contributed by atoms with Crippen LogP contribution in [0.1, 0.15) is 35.4 Å². The van der Waals surface area contributed by atoms with Crippen molar-refractivity contribution in [3.63, 3.8) is 0 Å². The van der Waals surface area contributed by atoms with Gasteiger partial charge in [-0.25, -0.2) is 0 Å². The number of alkyl halides is 1. The fourth-order valence-electron chi connectivity index (χ4n) is 1.80. The molecule has 2 rings (SSSR count). The molecule has 1 aromatic heterocycles. The minimum Gasteiger partial charge on any atom is -0.459 e. The summed E-state index contributed by atoms with van der Waals surface area (Å²) in [6.07, 6.45) is 4.82. The second-order valence-electron chi connectivity index (χ2n) is 4.15. The van der Waals surface area contributed by atoms with Crippen LogP contribution in [0.4, 0.5) is 0 Å². The van der Waals surface area contributed by atoms with Gasteiger partial charge in [-0.3, -0.25) is 4.79 Å². The molecule has 1 amide bonds. The number of nitrogens with one attached hydrogen (secondary N) is 1. The average Bonchev–Trinajstić information content (AvgIpc) is 2.58. The van der Waals surface area contributed by atoms with Crippen molar-refractivity contribution >= 4 is 21.8 Å². The molecule has 0 radical (unpaired) electrons. The van der Waals surface area contributed by atoms with Crippen molar-refractivity contribution in [3.8, 4) is 0 Å². The van der Waals surface area contributed by atoms with Gasteiger partial charge in [-0.15, -0.1) is 0 Å². The number of aryl methyl sites for hydroxylation is 1. The maximum absolute atomic E-state index is 11.9. The molecule has 0 aliphatic heterocycles. The third-order valence-electron chi connectivity index (χ3n) is 3.01. The summed E-state index contributed by atoms with van der Waals surface area (Å²) in [6.45, 7) is 1.87. The highest BCUT2D eigenvalue weighted by molar-refractivity contribution is 9.09. The van der Waals surface area contributed by atoms with Gasteiger partial charge in [0.1, 0.15) is 0 Å². The minimum absolute atomic E-state index is 0.0453. The molecule has 0 bridgehead atoms. The molecule has 1 aromatic rings. The molecule has 15 heavy (non-hydrogen) atoms. The first kappa shape index (κ1) is 10.7. The highest BCUT2D eigenvalue weighted by Crippen LogP contribution is 2.33. The molecule has 0 aromatic carbocycles. The Hall–Kier alpha value is -0.770. The normalized spacial score (nSPS) is 18.3. The summed E-state index contributed by atoms with van der Waals surface area (Å²) in [5.41, 5.74) is 0.840. The van der Waals surface area contributed by atoms with Crippen LogP contribution in [0.3, 0.4) is 0 Å². The van der Waals surface area contributed by atoms with Gasteiger partial charge in [0.25, 0.3) is 5.91 Å². The van der Waals surface area contributed by atoms with Crippen molar-refractivity contribution < 1.29 is 9.21 Å². The molecule has 1 aliphatic carbocycles. The smallest absolute Gasteiger partial charge is 0.287 e. The van der Waals surface area contributed by atoms with Gasteiger partial charge in [-0.1, -0.05) is 15.9 Å². The Bertz CT molecular complexity index is 363. The number of furan rings is 1. The van der Waals surface area contributed by atoms with Gasteiger partial charge < -0.3 is 9.73 Å². The van der Waals surface area contributed by atoms with Crippen molar-refractivity contribution in [1.29, 1.82) is 0 Å². The summed E-state index contributed by atoms with van der Waals surface area (Å²) in [5, 5.41) is 3.85. The molecule has 1 fully saturated rings. The Kier molecular flexibility index (Phi) is 2.87. The van der Waals surface area contributed by atoms with Crippen molar-refractivity contribution in [1.82, 2.24) is 5.32 Å². The van der Waals surface area contributed by atoms with Gasteiger partial charge in [0.2, 0.25) is 0 Å². The summed E-state index contributed by atoms with van der Waals surface area (Å²) in [5.74, 6) is 0.332. The first-order valence-electron chi connectivity index (χ1n) is 5.09. The molecular weight excluding hydrogens is 258 g/mol. The van der Waals surface area contributed by atoms with E-state index in [2.05, 4.69) is 21.2 Å². The Morgan fingerprint density at radius 2 is 2.40 bits per heavy atom. The molecule has 82 valence electrons. The van der Waals surface area contributed by atoms with E-state index in [0.717, 1.165) is 23.7 Å². The van der Waals surface area contributed by atoms with E-state index in [1.165, 1.54) is 6.42 Å². The van der Waals surface area contributed by atoms with Gasteiger partial charge in [0.15, 0.2) is 5.76 Å². The van der Waals surface area contributed by atoms with E-state index in [9.17, 15) is 4.79 Å². The van der Waals surface area contributed by atoms with Crippen LogP contribution in [-0.4, -0.2) is 16.8 Å². The van der Waals surface area contributed by atoms with Crippen LogP contribution in [0.15, 0.2) is 16.7 Å². The number of hydrogen-bond donors (Lipinski definition) is 1. The standard InChI is InChI=1S/C11H14BrNO2/c1-8-3-6-15-9(8)10(14)13-11(7-12)4-2-5-11/h3,6H,2,4-5,7H2,1H3,(H,13,14). The molecule has 3 nitrogen and oxygen atoms in total. The molecule has 1 N–H and O–H groups in total. The van der Waals surface area contributed by atoms with Crippen LogP contribution < -0.4 is 5.32 Å².